The van der Waals surface area contributed by atoms with Gasteiger partial charge in [-0.2, -0.15) is 4.98 Å². The fraction of sp³-hybridized carbons (Fsp3) is 0.300. The quantitative estimate of drug-likeness (QED) is 0.665. The van der Waals surface area contributed by atoms with Crippen LogP contribution in [0.1, 0.15) is 11.5 Å². The van der Waals surface area contributed by atoms with Gasteiger partial charge in [-0.1, -0.05) is 22.8 Å². The smallest absolute Gasteiger partial charge is 0.228 e. The predicted octanol–water partition coefficient (Wildman–Crippen LogP) is 3.84. The molecule has 0 radical (unpaired) electrons. The van der Waals surface area contributed by atoms with E-state index >= 15 is 0 Å². The van der Waals surface area contributed by atoms with E-state index in [4.69, 9.17) is 25.6 Å². The second kappa shape index (κ2) is 7.98. The van der Waals surface area contributed by atoms with Crippen LogP contribution in [0, 0.1) is 0 Å². The highest BCUT2D eigenvalue weighted by molar-refractivity contribution is 6.30. The SMILES string of the molecule is COc1ccc2c(c1)OCCN(CCc1nc(-c3ccc(Cl)cc3)no1)C2. The van der Waals surface area contributed by atoms with Crippen LogP contribution in [0.5, 0.6) is 11.5 Å². The Balaban J connectivity index is 1.39. The van der Waals surface area contributed by atoms with Gasteiger partial charge in [0.15, 0.2) is 0 Å². The number of benzene rings is 2. The molecule has 0 saturated heterocycles. The van der Waals surface area contributed by atoms with Crippen molar-refractivity contribution in [3.63, 3.8) is 0 Å². The molecule has 0 unspecified atom stereocenters. The summed E-state index contributed by atoms with van der Waals surface area (Å²) in [6.07, 6.45) is 0.687. The molecule has 3 aromatic rings. The minimum Gasteiger partial charge on any atom is -0.497 e. The van der Waals surface area contributed by atoms with Crippen LogP contribution in [0.2, 0.25) is 5.02 Å². The fourth-order valence-electron chi connectivity index (χ4n) is 3.05. The van der Waals surface area contributed by atoms with Crippen molar-refractivity contribution in [3.8, 4) is 22.9 Å². The van der Waals surface area contributed by atoms with Gasteiger partial charge in [0.25, 0.3) is 0 Å². The maximum absolute atomic E-state index is 5.92. The Hall–Kier alpha value is -2.57. The molecule has 2 heterocycles. The largest absolute Gasteiger partial charge is 0.497 e. The minimum atomic E-state index is 0.582. The average molecular weight is 386 g/mol. The first kappa shape index (κ1) is 17.8. The molecule has 7 heteroatoms. The van der Waals surface area contributed by atoms with E-state index in [0.29, 0.717) is 29.8 Å². The molecule has 0 aliphatic carbocycles. The van der Waals surface area contributed by atoms with Crippen LogP contribution in [0.4, 0.5) is 0 Å². The van der Waals surface area contributed by atoms with E-state index in [1.165, 1.54) is 0 Å². The number of hydrogen-bond donors (Lipinski definition) is 0. The van der Waals surface area contributed by atoms with Crippen molar-refractivity contribution in [2.75, 3.05) is 26.8 Å². The molecule has 27 heavy (non-hydrogen) atoms. The highest BCUT2D eigenvalue weighted by atomic mass is 35.5. The third-order valence-electron chi connectivity index (χ3n) is 4.55. The fourth-order valence-corrected chi connectivity index (χ4v) is 3.17. The van der Waals surface area contributed by atoms with E-state index < -0.39 is 0 Å². The normalized spacial score (nSPS) is 14.3. The molecule has 0 saturated carbocycles. The van der Waals surface area contributed by atoms with Crippen molar-refractivity contribution >= 4 is 11.6 Å². The molecule has 4 rings (SSSR count). The number of hydrogen-bond acceptors (Lipinski definition) is 6. The van der Waals surface area contributed by atoms with Crippen molar-refractivity contribution in [2.45, 2.75) is 13.0 Å². The van der Waals surface area contributed by atoms with E-state index in [1.807, 2.05) is 36.4 Å². The molecular weight excluding hydrogens is 366 g/mol. The van der Waals surface area contributed by atoms with E-state index in [2.05, 4.69) is 21.1 Å². The van der Waals surface area contributed by atoms with E-state index in [1.54, 1.807) is 7.11 Å². The van der Waals surface area contributed by atoms with E-state index in [0.717, 1.165) is 42.3 Å². The van der Waals surface area contributed by atoms with Crippen LogP contribution in [0.15, 0.2) is 47.0 Å². The second-order valence-electron chi connectivity index (χ2n) is 6.37. The van der Waals surface area contributed by atoms with Gasteiger partial charge >= 0.3 is 0 Å². The standard InChI is InChI=1S/C20H20ClN3O3/c1-25-17-7-4-15-13-24(10-11-26-18(15)12-17)9-8-19-22-20(23-27-19)14-2-5-16(21)6-3-14/h2-7,12H,8-11,13H2,1H3. The molecule has 0 N–H and O–H groups in total. The molecule has 0 bridgehead atoms. The maximum Gasteiger partial charge on any atom is 0.228 e. The van der Waals surface area contributed by atoms with Crippen LogP contribution >= 0.6 is 11.6 Å². The summed E-state index contributed by atoms with van der Waals surface area (Å²) in [6.45, 7) is 3.11. The Labute approximate surface area is 162 Å². The number of ether oxygens (including phenoxy) is 2. The lowest BCUT2D eigenvalue weighted by molar-refractivity contribution is 0.221. The third kappa shape index (κ3) is 4.23. The second-order valence-corrected chi connectivity index (χ2v) is 6.80. The van der Waals surface area contributed by atoms with E-state index in [-0.39, 0.29) is 0 Å². The summed E-state index contributed by atoms with van der Waals surface area (Å²) in [7, 11) is 1.66. The van der Waals surface area contributed by atoms with Gasteiger partial charge in [0.1, 0.15) is 18.1 Å². The summed E-state index contributed by atoms with van der Waals surface area (Å²) in [5.41, 5.74) is 2.04. The molecule has 6 nitrogen and oxygen atoms in total. The monoisotopic (exact) mass is 385 g/mol. The summed E-state index contributed by atoms with van der Waals surface area (Å²) in [4.78, 5) is 6.81. The van der Waals surface area contributed by atoms with Gasteiger partial charge in [0.05, 0.1) is 7.11 Å². The molecule has 0 atom stereocenters. The summed E-state index contributed by atoms with van der Waals surface area (Å²) in [6, 6.07) is 13.4. The summed E-state index contributed by atoms with van der Waals surface area (Å²) in [5.74, 6) is 2.90. The number of fused-ring (bicyclic) bond motifs is 1. The molecule has 0 spiro atoms. The van der Waals surface area contributed by atoms with Gasteiger partial charge in [-0.3, -0.25) is 4.90 Å². The van der Waals surface area contributed by atoms with Crippen molar-refractivity contribution < 1.29 is 14.0 Å². The first-order valence-corrected chi connectivity index (χ1v) is 9.19. The number of nitrogens with zero attached hydrogens (tertiary/aromatic N) is 3. The third-order valence-corrected chi connectivity index (χ3v) is 4.80. The molecule has 1 aliphatic rings. The van der Waals surface area contributed by atoms with Crippen molar-refractivity contribution in [1.29, 1.82) is 0 Å². The van der Waals surface area contributed by atoms with Gasteiger partial charge < -0.3 is 14.0 Å². The first-order valence-electron chi connectivity index (χ1n) is 8.82. The van der Waals surface area contributed by atoms with Crippen molar-refractivity contribution in [2.24, 2.45) is 0 Å². The molecular formula is C20H20ClN3O3. The Morgan fingerprint density at radius 1 is 1.19 bits per heavy atom. The Morgan fingerprint density at radius 3 is 2.85 bits per heavy atom. The van der Waals surface area contributed by atoms with Crippen LogP contribution in [0.25, 0.3) is 11.4 Å². The zero-order valence-electron chi connectivity index (χ0n) is 15.0. The van der Waals surface area contributed by atoms with Gasteiger partial charge in [-0.25, -0.2) is 0 Å². The van der Waals surface area contributed by atoms with Crippen LogP contribution in [-0.2, 0) is 13.0 Å². The first-order chi connectivity index (χ1) is 13.2. The zero-order valence-corrected chi connectivity index (χ0v) is 15.8. The van der Waals surface area contributed by atoms with Gasteiger partial charge in [-0.05, 0) is 30.3 Å². The highest BCUT2D eigenvalue weighted by Crippen LogP contribution is 2.28. The van der Waals surface area contributed by atoms with Crippen LogP contribution < -0.4 is 9.47 Å². The van der Waals surface area contributed by atoms with Crippen molar-refractivity contribution in [3.05, 3.63) is 58.9 Å². The highest BCUT2D eigenvalue weighted by Gasteiger charge is 2.17. The molecule has 0 amide bonds. The van der Waals surface area contributed by atoms with Crippen molar-refractivity contribution in [1.82, 2.24) is 15.0 Å². The number of methoxy groups -OCH3 is 1. The molecule has 140 valence electrons. The van der Waals surface area contributed by atoms with Gasteiger partial charge in [0, 0.05) is 48.3 Å². The summed E-state index contributed by atoms with van der Waals surface area (Å²) in [5, 5.41) is 4.75. The van der Waals surface area contributed by atoms with Gasteiger partial charge in [0.2, 0.25) is 11.7 Å². The van der Waals surface area contributed by atoms with E-state index in [9.17, 15) is 0 Å². The molecule has 0 fully saturated rings. The molecule has 1 aromatic heterocycles. The lowest BCUT2D eigenvalue weighted by Gasteiger charge is -2.18. The Morgan fingerprint density at radius 2 is 2.04 bits per heavy atom. The Bertz CT molecular complexity index is 911. The molecule has 1 aliphatic heterocycles. The van der Waals surface area contributed by atoms with Crippen LogP contribution in [0.3, 0.4) is 0 Å². The number of aromatic nitrogens is 2. The van der Waals surface area contributed by atoms with Crippen LogP contribution in [-0.4, -0.2) is 41.8 Å². The zero-order chi connectivity index (χ0) is 18.6. The summed E-state index contributed by atoms with van der Waals surface area (Å²) < 4.78 is 16.5. The number of halogens is 1. The lowest BCUT2D eigenvalue weighted by Crippen LogP contribution is -2.28. The Kier molecular flexibility index (Phi) is 5.27. The molecule has 2 aromatic carbocycles. The lowest BCUT2D eigenvalue weighted by atomic mass is 10.2. The predicted molar refractivity (Wildman–Crippen MR) is 102 cm³/mol. The average Bonchev–Trinajstić information content (AvgIpc) is 3.07. The minimum absolute atomic E-state index is 0.582. The summed E-state index contributed by atoms with van der Waals surface area (Å²) >= 11 is 5.92. The topological polar surface area (TPSA) is 60.6 Å². The maximum atomic E-state index is 5.92. The number of rotatable bonds is 5. The van der Waals surface area contributed by atoms with Gasteiger partial charge in [-0.15, -0.1) is 0 Å².